The van der Waals surface area contributed by atoms with E-state index in [1.165, 1.54) is 12.4 Å². The molecular weight excluding hydrogens is 264 g/mol. The SMILES string of the molecule is CC(C)(C)C[C@H]1CCN(C(=O)c2ccc[n+]([O-])c2)C1(C)C. The molecule has 0 aromatic carbocycles. The Balaban J connectivity index is 2.20. The fourth-order valence-electron chi connectivity index (χ4n) is 3.34. The second-order valence-corrected chi connectivity index (χ2v) is 7.81. The molecule has 1 aliphatic rings. The Hall–Kier alpha value is -1.58. The Morgan fingerprint density at radius 1 is 1.48 bits per heavy atom. The summed E-state index contributed by atoms with van der Waals surface area (Å²) in [6, 6.07) is 3.33. The highest BCUT2D eigenvalue weighted by Crippen LogP contribution is 2.41. The molecule has 0 N–H and O–H groups in total. The van der Waals surface area contributed by atoms with Gasteiger partial charge in [0, 0.05) is 18.2 Å². The molecule has 2 heterocycles. The third kappa shape index (κ3) is 3.36. The second kappa shape index (κ2) is 5.32. The van der Waals surface area contributed by atoms with Crippen LogP contribution in [-0.2, 0) is 0 Å². The molecule has 1 aliphatic heterocycles. The van der Waals surface area contributed by atoms with E-state index in [2.05, 4.69) is 34.6 Å². The molecule has 1 aromatic heterocycles. The van der Waals surface area contributed by atoms with Gasteiger partial charge in [-0.15, -0.1) is 0 Å². The minimum atomic E-state index is -0.173. The Morgan fingerprint density at radius 2 is 2.14 bits per heavy atom. The van der Waals surface area contributed by atoms with Crippen molar-refractivity contribution in [2.45, 2.75) is 53.0 Å². The molecule has 4 heteroatoms. The fraction of sp³-hybridized carbons (Fsp3) is 0.647. The van der Waals surface area contributed by atoms with Gasteiger partial charge >= 0.3 is 0 Å². The topological polar surface area (TPSA) is 47.2 Å². The third-order valence-corrected chi connectivity index (χ3v) is 4.52. The molecule has 0 saturated carbocycles. The number of hydrogen-bond acceptors (Lipinski definition) is 2. The predicted octanol–water partition coefficient (Wildman–Crippen LogP) is 3.00. The van der Waals surface area contributed by atoms with Crippen molar-refractivity contribution in [1.82, 2.24) is 4.90 Å². The lowest BCUT2D eigenvalue weighted by Crippen LogP contribution is -2.47. The molecule has 1 atom stereocenters. The van der Waals surface area contributed by atoms with Crippen molar-refractivity contribution in [3.63, 3.8) is 0 Å². The van der Waals surface area contributed by atoms with E-state index in [-0.39, 0.29) is 16.9 Å². The summed E-state index contributed by atoms with van der Waals surface area (Å²) in [5.74, 6) is 0.450. The zero-order valence-electron chi connectivity index (χ0n) is 13.7. The van der Waals surface area contributed by atoms with Crippen molar-refractivity contribution >= 4 is 5.91 Å². The molecule has 0 bridgehead atoms. The van der Waals surface area contributed by atoms with E-state index < -0.39 is 0 Å². The zero-order chi connectivity index (χ0) is 15.8. The predicted molar refractivity (Wildman–Crippen MR) is 82.7 cm³/mol. The van der Waals surface area contributed by atoms with Crippen LogP contribution in [-0.4, -0.2) is 22.9 Å². The number of rotatable bonds is 2. The molecular formula is C17H26N2O2. The minimum absolute atomic E-state index is 0.0402. The van der Waals surface area contributed by atoms with Crippen LogP contribution in [0.4, 0.5) is 0 Å². The summed E-state index contributed by atoms with van der Waals surface area (Å²) in [6.45, 7) is 11.8. The highest BCUT2D eigenvalue weighted by atomic mass is 16.5. The van der Waals surface area contributed by atoms with E-state index in [0.29, 0.717) is 16.2 Å². The molecule has 21 heavy (non-hydrogen) atoms. The molecule has 4 nitrogen and oxygen atoms in total. The monoisotopic (exact) mass is 290 g/mol. The van der Waals surface area contributed by atoms with Gasteiger partial charge in [0.05, 0.1) is 0 Å². The maximum absolute atomic E-state index is 12.7. The molecule has 0 unspecified atom stereocenters. The first kappa shape index (κ1) is 15.8. The summed E-state index contributed by atoms with van der Waals surface area (Å²) in [6.07, 6.45) is 4.88. The van der Waals surface area contributed by atoms with E-state index in [1.54, 1.807) is 12.1 Å². The number of carbonyl (C=O) groups is 1. The largest absolute Gasteiger partial charge is 0.619 e. The quantitative estimate of drug-likeness (QED) is 0.621. The van der Waals surface area contributed by atoms with Crippen LogP contribution in [0.25, 0.3) is 0 Å². The van der Waals surface area contributed by atoms with Crippen LogP contribution in [0.5, 0.6) is 0 Å². The summed E-state index contributed by atoms with van der Waals surface area (Å²) >= 11 is 0. The maximum atomic E-state index is 12.7. The number of nitrogens with zero attached hydrogens (tertiary/aromatic N) is 2. The van der Waals surface area contributed by atoms with Gasteiger partial charge in [0.1, 0.15) is 5.56 Å². The van der Waals surface area contributed by atoms with E-state index in [4.69, 9.17) is 0 Å². The Kier molecular flexibility index (Phi) is 4.00. The molecule has 1 fully saturated rings. The molecule has 0 spiro atoms. The lowest BCUT2D eigenvalue weighted by atomic mass is 9.76. The molecule has 1 aromatic rings. The van der Waals surface area contributed by atoms with E-state index in [9.17, 15) is 10.0 Å². The number of likely N-dealkylation sites (tertiary alicyclic amines) is 1. The van der Waals surface area contributed by atoms with Gasteiger partial charge in [-0.05, 0) is 44.1 Å². The lowest BCUT2D eigenvalue weighted by Gasteiger charge is -2.38. The average Bonchev–Trinajstić information content (AvgIpc) is 2.62. The first-order valence-electron chi connectivity index (χ1n) is 7.62. The van der Waals surface area contributed by atoms with Gasteiger partial charge in [-0.25, -0.2) is 0 Å². The van der Waals surface area contributed by atoms with E-state index in [1.807, 2.05) is 4.90 Å². The van der Waals surface area contributed by atoms with Crippen molar-refractivity contribution in [3.8, 4) is 0 Å². The van der Waals surface area contributed by atoms with Crippen molar-refractivity contribution < 1.29 is 9.52 Å². The minimum Gasteiger partial charge on any atom is -0.619 e. The number of amides is 1. The molecule has 2 rings (SSSR count). The van der Waals surface area contributed by atoms with Crippen LogP contribution in [0.1, 0.15) is 57.8 Å². The number of hydrogen-bond donors (Lipinski definition) is 0. The number of aromatic nitrogens is 1. The van der Waals surface area contributed by atoms with Crippen LogP contribution in [0.2, 0.25) is 0 Å². The summed E-state index contributed by atoms with van der Waals surface area (Å²) in [5.41, 5.74) is 0.552. The van der Waals surface area contributed by atoms with Crippen molar-refractivity contribution in [2.75, 3.05) is 6.54 Å². The van der Waals surface area contributed by atoms with Crippen molar-refractivity contribution in [2.24, 2.45) is 11.3 Å². The normalized spacial score (nSPS) is 21.6. The fourth-order valence-corrected chi connectivity index (χ4v) is 3.34. The number of pyridine rings is 1. The first-order chi connectivity index (χ1) is 9.61. The summed E-state index contributed by atoms with van der Waals surface area (Å²) in [7, 11) is 0. The Morgan fingerprint density at radius 3 is 2.71 bits per heavy atom. The zero-order valence-corrected chi connectivity index (χ0v) is 13.7. The van der Waals surface area contributed by atoms with Crippen molar-refractivity contribution in [3.05, 3.63) is 35.3 Å². The molecule has 1 saturated heterocycles. The van der Waals surface area contributed by atoms with Crippen LogP contribution >= 0.6 is 0 Å². The maximum Gasteiger partial charge on any atom is 0.260 e. The Labute approximate surface area is 127 Å². The summed E-state index contributed by atoms with van der Waals surface area (Å²) in [5, 5.41) is 11.4. The van der Waals surface area contributed by atoms with Crippen LogP contribution < -0.4 is 4.73 Å². The lowest BCUT2D eigenvalue weighted by molar-refractivity contribution is -0.605. The molecule has 116 valence electrons. The summed E-state index contributed by atoms with van der Waals surface area (Å²) < 4.78 is 0.683. The first-order valence-corrected chi connectivity index (χ1v) is 7.62. The molecule has 0 radical (unpaired) electrons. The van der Waals surface area contributed by atoms with Gasteiger partial charge in [-0.3, -0.25) is 4.79 Å². The van der Waals surface area contributed by atoms with E-state index >= 15 is 0 Å². The third-order valence-electron chi connectivity index (χ3n) is 4.52. The average molecular weight is 290 g/mol. The van der Waals surface area contributed by atoms with Gasteiger partial charge < -0.3 is 10.1 Å². The van der Waals surface area contributed by atoms with Gasteiger partial charge in [-0.2, -0.15) is 4.73 Å². The highest BCUT2D eigenvalue weighted by molar-refractivity contribution is 5.94. The van der Waals surface area contributed by atoms with Gasteiger partial charge in [-0.1, -0.05) is 20.8 Å². The molecule has 0 aliphatic carbocycles. The van der Waals surface area contributed by atoms with E-state index in [0.717, 1.165) is 19.4 Å². The Bertz CT molecular complexity index is 532. The van der Waals surface area contributed by atoms with Crippen LogP contribution in [0.3, 0.4) is 0 Å². The number of carbonyl (C=O) groups excluding carboxylic acids is 1. The second-order valence-electron chi connectivity index (χ2n) is 7.81. The van der Waals surface area contributed by atoms with Crippen LogP contribution in [0.15, 0.2) is 24.5 Å². The molecule has 1 amide bonds. The smallest absolute Gasteiger partial charge is 0.260 e. The van der Waals surface area contributed by atoms with Crippen molar-refractivity contribution in [1.29, 1.82) is 0 Å². The van der Waals surface area contributed by atoms with Gasteiger partial charge in [0.15, 0.2) is 12.4 Å². The van der Waals surface area contributed by atoms with Crippen LogP contribution in [0, 0.1) is 16.5 Å². The van der Waals surface area contributed by atoms with Gasteiger partial charge in [0.25, 0.3) is 5.91 Å². The highest BCUT2D eigenvalue weighted by Gasteiger charge is 2.45. The summed E-state index contributed by atoms with van der Waals surface area (Å²) in [4.78, 5) is 14.6. The van der Waals surface area contributed by atoms with Gasteiger partial charge in [0.2, 0.25) is 0 Å². The standard InChI is InChI=1S/C17H26N2O2/c1-16(2,3)11-14-8-10-19(17(14,4)5)15(20)13-7-6-9-18(21)12-13/h6-7,9,12,14H,8,10-11H2,1-5H3/t14-/m1/s1.